The number of carbonyl (C=O) groups is 1. The Morgan fingerprint density at radius 1 is 0.492 bits per heavy atom. The molecule has 11 heteroatoms. The molecule has 1 fully saturated rings. The van der Waals surface area contributed by atoms with Crippen molar-refractivity contribution in [2.75, 3.05) is 13.2 Å². The maximum atomic E-state index is 13.1. The monoisotopic (exact) mass is 902 g/mol. The second-order valence-electron chi connectivity index (χ2n) is 19.3. The van der Waals surface area contributed by atoms with Crippen molar-refractivity contribution in [2.45, 2.75) is 313 Å². The molecular formula is C52H103NO10. The van der Waals surface area contributed by atoms with Crippen LogP contribution in [0.15, 0.2) is 0 Å². The number of aliphatic hydroxyl groups excluding tert-OH is 7. The highest BCUT2D eigenvalue weighted by Crippen LogP contribution is 2.23. The van der Waals surface area contributed by atoms with Gasteiger partial charge in [-0.15, -0.1) is 0 Å². The Balaban J connectivity index is 2.30. The van der Waals surface area contributed by atoms with Gasteiger partial charge in [0.15, 0.2) is 6.29 Å². The summed E-state index contributed by atoms with van der Waals surface area (Å²) in [5.41, 5.74) is 0. The highest BCUT2D eigenvalue weighted by atomic mass is 16.7. The molecule has 0 bridgehead atoms. The van der Waals surface area contributed by atoms with Crippen LogP contribution in [0, 0.1) is 0 Å². The predicted molar refractivity (Wildman–Crippen MR) is 256 cm³/mol. The summed E-state index contributed by atoms with van der Waals surface area (Å²) in [5.74, 6) is -0.691. The molecule has 9 unspecified atom stereocenters. The second kappa shape index (κ2) is 42.5. The molecule has 0 aliphatic carbocycles. The van der Waals surface area contributed by atoms with Crippen LogP contribution in [0.4, 0.5) is 0 Å². The smallest absolute Gasteiger partial charge is 0.249 e. The summed E-state index contributed by atoms with van der Waals surface area (Å²) >= 11 is 0. The average Bonchev–Trinajstić information content (AvgIpc) is 3.28. The van der Waals surface area contributed by atoms with E-state index in [1.807, 2.05) is 0 Å². The van der Waals surface area contributed by atoms with Crippen LogP contribution in [-0.4, -0.2) is 110 Å². The highest BCUT2D eigenvalue weighted by Gasteiger charge is 2.44. The molecule has 1 saturated heterocycles. The Bertz CT molecular complexity index is 991. The van der Waals surface area contributed by atoms with Crippen molar-refractivity contribution in [1.82, 2.24) is 5.32 Å². The lowest BCUT2D eigenvalue weighted by atomic mass is 9.98. The molecule has 0 radical (unpaired) electrons. The van der Waals surface area contributed by atoms with Gasteiger partial charge < -0.3 is 50.5 Å². The third kappa shape index (κ3) is 31.7. The van der Waals surface area contributed by atoms with E-state index in [0.29, 0.717) is 19.3 Å². The van der Waals surface area contributed by atoms with Crippen LogP contribution >= 0.6 is 0 Å². The van der Waals surface area contributed by atoms with Crippen molar-refractivity contribution in [1.29, 1.82) is 0 Å². The summed E-state index contributed by atoms with van der Waals surface area (Å²) in [7, 11) is 0. The van der Waals surface area contributed by atoms with Crippen molar-refractivity contribution >= 4 is 5.91 Å². The Morgan fingerprint density at radius 2 is 0.825 bits per heavy atom. The van der Waals surface area contributed by atoms with E-state index in [0.717, 1.165) is 38.5 Å². The Morgan fingerprint density at radius 3 is 1.17 bits per heavy atom. The van der Waals surface area contributed by atoms with Gasteiger partial charge in [-0.2, -0.15) is 0 Å². The van der Waals surface area contributed by atoms with Gasteiger partial charge in [0.05, 0.1) is 25.4 Å². The lowest BCUT2D eigenvalue weighted by molar-refractivity contribution is -0.303. The fourth-order valence-electron chi connectivity index (χ4n) is 8.97. The first-order valence-corrected chi connectivity index (χ1v) is 26.9. The van der Waals surface area contributed by atoms with Crippen molar-refractivity contribution in [3.05, 3.63) is 0 Å². The minimum atomic E-state index is -1.66. The molecule has 1 rings (SSSR count). The summed E-state index contributed by atoms with van der Waals surface area (Å²) < 4.78 is 11.1. The molecule has 1 aliphatic heterocycles. The average molecular weight is 902 g/mol. The number of carbonyl (C=O) groups excluding carboxylic acids is 1. The molecule has 0 aromatic carbocycles. The topological polar surface area (TPSA) is 189 Å². The quantitative estimate of drug-likeness (QED) is 0.0273. The first-order valence-electron chi connectivity index (χ1n) is 26.9. The van der Waals surface area contributed by atoms with E-state index in [1.54, 1.807) is 0 Å². The van der Waals surface area contributed by atoms with E-state index < -0.39 is 74.2 Å². The minimum absolute atomic E-state index is 0.267. The number of amides is 1. The molecule has 0 spiro atoms. The van der Waals surface area contributed by atoms with Gasteiger partial charge in [-0.3, -0.25) is 4.79 Å². The zero-order valence-electron chi connectivity index (χ0n) is 40.8. The van der Waals surface area contributed by atoms with E-state index in [4.69, 9.17) is 9.47 Å². The first-order chi connectivity index (χ1) is 30.7. The summed E-state index contributed by atoms with van der Waals surface area (Å²) in [6.45, 7) is 3.47. The van der Waals surface area contributed by atoms with E-state index in [9.17, 15) is 40.5 Å². The Kier molecular flexibility index (Phi) is 40.5. The van der Waals surface area contributed by atoms with Gasteiger partial charge in [0, 0.05) is 0 Å². The third-order valence-electron chi connectivity index (χ3n) is 13.4. The van der Waals surface area contributed by atoms with Gasteiger partial charge in [0.25, 0.3) is 0 Å². The molecular weight excluding hydrogens is 799 g/mol. The van der Waals surface area contributed by atoms with Gasteiger partial charge in [-0.1, -0.05) is 245 Å². The molecule has 9 atom stereocenters. The van der Waals surface area contributed by atoms with Crippen molar-refractivity contribution in [3.63, 3.8) is 0 Å². The summed E-state index contributed by atoms with van der Waals surface area (Å²) in [5, 5.41) is 75.9. The van der Waals surface area contributed by atoms with Gasteiger partial charge in [-0.25, -0.2) is 0 Å². The van der Waals surface area contributed by atoms with Gasteiger partial charge in [0.2, 0.25) is 5.91 Å². The maximum absolute atomic E-state index is 13.1. The summed E-state index contributed by atoms with van der Waals surface area (Å²) in [4.78, 5) is 13.1. The highest BCUT2D eigenvalue weighted by molar-refractivity contribution is 5.80. The molecule has 0 saturated carbocycles. The minimum Gasteiger partial charge on any atom is -0.394 e. The zero-order chi connectivity index (χ0) is 46.2. The molecule has 1 amide bonds. The molecule has 0 aromatic rings. The van der Waals surface area contributed by atoms with Crippen molar-refractivity contribution < 1.29 is 50.0 Å². The first kappa shape index (κ1) is 60.1. The molecule has 8 N–H and O–H groups in total. The lowest BCUT2D eigenvalue weighted by Gasteiger charge is -2.40. The molecule has 0 aromatic heterocycles. The maximum Gasteiger partial charge on any atom is 0.249 e. The predicted octanol–water partition coefficient (Wildman–Crippen LogP) is 10.2. The molecule has 1 heterocycles. The number of ether oxygens (including phenoxy) is 2. The van der Waals surface area contributed by atoms with Gasteiger partial charge in [-0.05, 0) is 12.8 Å². The number of hydrogen-bond acceptors (Lipinski definition) is 10. The SMILES string of the molecule is CCCCCCCCCCCCCCCCCCCCCCCCCC(O)C(=O)NC(COC1OC(CO)C(O)C(O)C1O)C(O)C(O)CCCCCCCCCCCCCCC. The van der Waals surface area contributed by atoms with Crippen LogP contribution in [0.2, 0.25) is 0 Å². The number of nitrogens with one attached hydrogen (secondary N) is 1. The summed E-state index contributed by atoms with van der Waals surface area (Å²) in [6, 6.07) is -1.16. The largest absolute Gasteiger partial charge is 0.394 e. The van der Waals surface area contributed by atoms with Crippen LogP contribution in [0.1, 0.15) is 258 Å². The molecule has 11 nitrogen and oxygen atoms in total. The van der Waals surface area contributed by atoms with E-state index in [1.165, 1.54) is 180 Å². The normalized spacial score (nSPS) is 21.1. The van der Waals surface area contributed by atoms with Crippen molar-refractivity contribution in [3.8, 4) is 0 Å². The van der Waals surface area contributed by atoms with Crippen LogP contribution < -0.4 is 5.32 Å². The summed E-state index contributed by atoms with van der Waals surface area (Å²) in [6.07, 6.45) is 34.4. The fraction of sp³-hybridized carbons (Fsp3) is 0.981. The number of hydrogen-bond donors (Lipinski definition) is 8. The van der Waals surface area contributed by atoms with E-state index in [-0.39, 0.29) is 6.42 Å². The van der Waals surface area contributed by atoms with Crippen LogP contribution in [0.5, 0.6) is 0 Å². The Hall–Kier alpha value is -0.890. The van der Waals surface area contributed by atoms with Crippen LogP contribution in [0.3, 0.4) is 0 Å². The zero-order valence-corrected chi connectivity index (χ0v) is 40.8. The van der Waals surface area contributed by atoms with Crippen LogP contribution in [0.25, 0.3) is 0 Å². The standard InChI is InChI=1S/C52H103NO10/c1-3-5-7-9-11-13-15-17-18-19-20-21-22-23-24-25-26-28-30-32-34-36-38-40-45(56)51(61)53-43(42-62-52-50(60)49(59)48(58)46(41-54)63-52)47(57)44(55)39-37-35-33-31-29-27-16-14-12-10-8-6-4-2/h43-50,52,54-60H,3-42H2,1-2H3,(H,53,61). The van der Waals surface area contributed by atoms with Gasteiger partial charge >= 0.3 is 0 Å². The number of unbranched alkanes of at least 4 members (excludes halogenated alkanes) is 34. The number of rotatable bonds is 46. The Labute approximate surface area is 386 Å². The van der Waals surface area contributed by atoms with E-state index >= 15 is 0 Å². The molecule has 63 heavy (non-hydrogen) atoms. The molecule has 376 valence electrons. The fourth-order valence-corrected chi connectivity index (χ4v) is 8.97. The molecule has 1 aliphatic rings. The van der Waals surface area contributed by atoms with E-state index in [2.05, 4.69) is 19.2 Å². The number of aliphatic hydroxyl groups is 7. The lowest BCUT2D eigenvalue weighted by Crippen LogP contribution is -2.60. The van der Waals surface area contributed by atoms with Crippen LogP contribution in [-0.2, 0) is 14.3 Å². The third-order valence-corrected chi connectivity index (χ3v) is 13.4. The van der Waals surface area contributed by atoms with Crippen molar-refractivity contribution in [2.24, 2.45) is 0 Å². The van der Waals surface area contributed by atoms with Gasteiger partial charge in [0.1, 0.15) is 36.6 Å². The second-order valence-corrected chi connectivity index (χ2v) is 19.3.